The topological polar surface area (TPSA) is 0 Å². The van der Waals surface area contributed by atoms with Crippen molar-refractivity contribution in [2.75, 3.05) is 0 Å². The summed E-state index contributed by atoms with van der Waals surface area (Å²) in [6.45, 7) is 2.10. The van der Waals surface area contributed by atoms with E-state index in [0.717, 1.165) is 0 Å². The maximum atomic E-state index is 2.12. The summed E-state index contributed by atoms with van der Waals surface area (Å²) in [5.41, 5.74) is 2.66. The predicted molar refractivity (Wildman–Crippen MR) is 39.4 cm³/mol. The van der Waals surface area contributed by atoms with Gasteiger partial charge in [-0.05, 0) is 6.92 Å². The van der Waals surface area contributed by atoms with Crippen molar-refractivity contribution in [2.45, 2.75) is 6.92 Å². The highest BCUT2D eigenvalue weighted by Gasteiger charge is 1.79. The molecule has 0 amide bonds. The van der Waals surface area contributed by atoms with Crippen LogP contribution in [0, 0.1) is 6.92 Å². The van der Waals surface area contributed by atoms with Gasteiger partial charge in [0, 0.05) is 0 Å². The molecule has 0 aliphatic carbocycles. The summed E-state index contributed by atoms with van der Waals surface area (Å²) in [5.74, 6) is 0. The molecule has 0 saturated heterocycles. The number of benzene rings is 1. The lowest BCUT2D eigenvalue weighted by Crippen LogP contribution is -1.98. The first-order valence-electron chi connectivity index (χ1n) is 2.82. The molecule has 0 saturated carbocycles. The molecule has 1 aromatic carbocycles. The molecule has 0 atom stereocenters. The summed E-state index contributed by atoms with van der Waals surface area (Å²) in [4.78, 5) is 0. The lowest BCUT2D eigenvalue weighted by atomic mass is 9.96. The van der Waals surface area contributed by atoms with E-state index in [0.29, 0.717) is 0 Å². The number of hydrogen-bond donors (Lipinski definition) is 0. The highest BCUT2D eigenvalue weighted by molar-refractivity contribution is 6.32. The molecule has 0 aliphatic heterocycles. The highest BCUT2D eigenvalue weighted by Crippen LogP contribution is 1.90. The molecule has 0 heterocycles. The SMILES string of the molecule is Bc1ccc(C)cc1. The molecular weight excluding hydrogens is 94.9 g/mol. The fourth-order valence-corrected chi connectivity index (χ4v) is 0.637. The second kappa shape index (κ2) is 2.04. The van der Waals surface area contributed by atoms with Crippen LogP contribution in [0.15, 0.2) is 24.3 Å². The van der Waals surface area contributed by atoms with Crippen molar-refractivity contribution in [3.63, 3.8) is 0 Å². The van der Waals surface area contributed by atoms with E-state index in [9.17, 15) is 0 Å². The first-order valence-corrected chi connectivity index (χ1v) is 2.82. The quantitative estimate of drug-likeness (QED) is 0.414. The van der Waals surface area contributed by atoms with Crippen LogP contribution in [-0.2, 0) is 0 Å². The fourth-order valence-electron chi connectivity index (χ4n) is 0.637. The van der Waals surface area contributed by atoms with Gasteiger partial charge in [-0.1, -0.05) is 35.3 Å². The van der Waals surface area contributed by atoms with Crippen molar-refractivity contribution in [1.29, 1.82) is 0 Å². The minimum atomic E-state index is 1.33. The van der Waals surface area contributed by atoms with Crippen molar-refractivity contribution in [3.05, 3.63) is 29.8 Å². The van der Waals surface area contributed by atoms with Gasteiger partial charge in [0.2, 0.25) is 0 Å². The van der Waals surface area contributed by atoms with Crippen LogP contribution in [0.5, 0.6) is 0 Å². The largest absolute Gasteiger partial charge is 0.139 e. The average molecular weight is 104 g/mol. The predicted octanol–water partition coefficient (Wildman–Crippen LogP) is 0.253. The Morgan fingerprint density at radius 1 is 1.12 bits per heavy atom. The lowest BCUT2D eigenvalue weighted by Gasteiger charge is -1.90. The first-order chi connectivity index (χ1) is 3.79. The van der Waals surface area contributed by atoms with E-state index in [1.54, 1.807) is 0 Å². The van der Waals surface area contributed by atoms with E-state index in [4.69, 9.17) is 0 Å². The molecule has 1 rings (SSSR count). The molecule has 0 fully saturated rings. The number of aryl methyl sites for hydroxylation is 1. The van der Waals surface area contributed by atoms with Crippen molar-refractivity contribution >= 4 is 13.3 Å². The Hall–Kier alpha value is -0.715. The third kappa shape index (κ3) is 1.13. The van der Waals surface area contributed by atoms with Gasteiger partial charge in [0.05, 0.1) is 0 Å². The summed E-state index contributed by atoms with van der Waals surface area (Å²) < 4.78 is 0. The molecule has 1 heteroatoms. The van der Waals surface area contributed by atoms with Crippen LogP contribution < -0.4 is 5.46 Å². The third-order valence-electron chi connectivity index (χ3n) is 1.22. The minimum Gasteiger partial charge on any atom is -0.0889 e. The molecule has 0 aromatic heterocycles. The Labute approximate surface area is 50.9 Å². The molecule has 0 bridgehead atoms. The zero-order valence-electron chi connectivity index (χ0n) is 5.31. The summed E-state index contributed by atoms with van der Waals surface area (Å²) in [6, 6.07) is 8.48. The Kier molecular flexibility index (Phi) is 1.38. The zero-order chi connectivity index (χ0) is 5.98. The normalized spacial score (nSPS) is 9.12. The van der Waals surface area contributed by atoms with Gasteiger partial charge in [-0.2, -0.15) is 0 Å². The van der Waals surface area contributed by atoms with Crippen LogP contribution in [0.3, 0.4) is 0 Å². The van der Waals surface area contributed by atoms with E-state index in [2.05, 4.69) is 39.0 Å². The first kappa shape index (κ1) is 5.42. The van der Waals surface area contributed by atoms with E-state index in [-0.39, 0.29) is 0 Å². The van der Waals surface area contributed by atoms with Crippen LogP contribution in [0.2, 0.25) is 0 Å². The Morgan fingerprint density at radius 2 is 1.62 bits per heavy atom. The Morgan fingerprint density at radius 3 is 2.00 bits per heavy atom. The minimum absolute atomic E-state index is 1.33. The van der Waals surface area contributed by atoms with Gasteiger partial charge in [0.15, 0.2) is 0 Å². The smallest absolute Gasteiger partial charge is 0.0889 e. The summed E-state index contributed by atoms with van der Waals surface area (Å²) in [6.07, 6.45) is 0. The van der Waals surface area contributed by atoms with Gasteiger partial charge in [-0.15, -0.1) is 0 Å². The van der Waals surface area contributed by atoms with Crippen LogP contribution in [0.1, 0.15) is 5.56 Å². The second-order valence-corrected chi connectivity index (χ2v) is 2.15. The van der Waals surface area contributed by atoms with Gasteiger partial charge < -0.3 is 0 Å². The Bertz CT molecular complexity index is 143. The molecular formula is C7H9B. The maximum absolute atomic E-state index is 2.12. The van der Waals surface area contributed by atoms with Crippen LogP contribution in [0.4, 0.5) is 0 Å². The van der Waals surface area contributed by atoms with Gasteiger partial charge in [-0.3, -0.25) is 0 Å². The Balaban J connectivity index is 3.03. The van der Waals surface area contributed by atoms with Crippen molar-refractivity contribution in [1.82, 2.24) is 0 Å². The summed E-state index contributed by atoms with van der Waals surface area (Å²) in [5, 5.41) is 0. The molecule has 1 aromatic rings. The monoisotopic (exact) mass is 104 g/mol. The van der Waals surface area contributed by atoms with Gasteiger partial charge in [0.25, 0.3) is 0 Å². The van der Waals surface area contributed by atoms with E-state index >= 15 is 0 Å². The maximum Gasteiger partial charge on any atom is 0.139 e. The lowest BCUT2D eigenvalue weighted by molar-refractivity contribution is 1.49. The average Bonchev–Trinajstić information content (AvgIpc) is 1.77. The van der Waals surface area contributed by atoms with Gasteiger partial charge >= 0.3 is 0 Å². The van der Waals surface area contributed by atoms with Crippen molar-refractivity contribution in [3.8, 4) is 0 Å². The van der Waals surface area contributed by atoms with Crippen LogP contribution in [0.25, 0.3) is 0 Å². The van der Waals surface area contributed by atoms with Crippen LogP contribution >= 0.6 is 0 Å². The number of hydrogen-bond acceptors (Lipinski definition) is 0. The molecule has 0 spiro atoms. The van der Waals surface area contributed by atoms with Gasteiger partial charge in [-0.25, -0.2) is 0 Å². The number of rotatable bonds is 0. The van der Waals surface area contributed by atoms with Crippen LogP contribution in [-0.4, -0.2) is 7.85 Å². The van der Waals surface area contributed by atoms with Crippen molar-refractivity contribution in [2.24, 2.45) is 0 Å². The summed E-state index contributed by atoms with van der Waals surface area (Å²) >= 11 is 0. The summed E-state index contributed by atoms with van der Waals surface area (Å²) in [7, 11) is 2.10. The molecule has 0 aliphatic rings. The van der Waals surface area contributed by atoms with E-state index in [1.807, 2.05) is 0 Å². The molecule has 40 valence electrons. The highest BCUT2D eigenvalue weighted by atomic mass is 13.8. The molecule has 0 radical (unpaired) electrons. The standard InChI is InChI=1S/C7H9B/c1-6-2-4-7(8)5-3-6/h2-5H,8H2,1H3. The van der Waals surface area contributed by atoms with Crippen molar-refractivity contribution < 1.29 is 0 Å². The molecule has 0 N–H and O–H groups in total. The third-order valence-corrected chi connectivity index (χ3v) is 1.22. The molecule has 8 heavy (non-hydrogen) atoms. The molecule has 0 unspecified atom stereocenters. The fraction of sp³-hybridized carbons (Fsp3) is 0.143. The van der Waals surface area contributed by atoms with Gasteiger partial charge in [0.1, 0.15) is 7.85 Å². The molecule has 0 nitrogen and oxygen atoms in total. The zero-order valence-corrected chi connectivity index (χ0v) is 5.31. The second-order valence-electron chi connectivity index (χ2n) is 2.15. The van der Waals surface area contributed by atoms with E-state index in [1.165, 1.54) is 11.0 Å². The van der Waals surface area contributed by atoms with E-state index < -0.39 is 0 Å².